The summed E-state index contributed by atoms with van der Waals surface area (Å²) in [6.07, 6.45) is 0.0955. The molecule has 0 bridgehead atoms. The summed E-state index contributed by atoms with van der Waals surface area (Å²) in [5, 5.41) is 31.1. The lowest BCUT2D eigenvalue weighted by Gasteiger charge is -2.18. The molecule has 0 heterocycles. The Morgan fingerprint density at radius 3 is 2.26 bits per heavy atom. The van der Waals surface area contributed by atoms with E-state index in [0.29, 0.717) is 18.0 Å². The van der Waals surface area contributed by atoms with Gasteiger partial charge >= 0.3 is 5.97 Å². The van der Waals surface area contributed by atoms with Crippen LogP contribution in [0.2, 0.25) is 0 Å². The van der Waals surface area contributed by atoms with Gasteiger partial charge in [-0.05, 0) is 55.3 Å². The monoisotopic (exact) mass is 375 g/mol. The maximum absolute atomic E-state index is 10.5. The lowest BCUT2D eigenvalue weighted by molar-refractivity contribution is -0.139. The average molecular weight is 375 g/mol. The number of aromatic hydroxyl groups is 1. The third kappa shape index (κ3) is 7.98. The summed E-state index contributed by atoms with van der Waals surface area (Å²) in [5.74, 6) is 0.262. The Bertz CT molecular complexity index is 701. The molecule has 0 aliphatic carbocycles. The van der Waals surface area contributed by atoms with E-state index in [-0.39, 0.29) is 25.0 Å². The van der Waals surface area contributed by atoms with Crippen LogP contribution in [0.25, 0.3) is 0 Å². The van der Waals surface area contributed by atoms with Crippen LogP contribution in [0.1, 0.15) is 12.5 Å². The summed E-state index contributed by atoms with van der Waals surface area (Å²) in [6, 6.07) is 13.7. The molecular formula is C20H25NO6. The second-order valence-electron chi connectivity index (χ2n) is 6.30. The van der Waals surface area contributed by atoms with Crippen molar-refractivity contribution in [1.29, 1.82) is 0 Å². The Labute approximate surface area is 158 Å². The molecule has 0 aromatic heterocycles. The van der Waals surface area contributed by atoms with Gasteiger partial charge in [-0.2, -0.15) is 0 Å². The number of hydrogen-bond acceptors (Lipinski definition) is 6. The van der Waals surface area contributed by atoms with Gasteiger partial charge < -0.3 is 30.1 Å². The Balaban J connectivity index is 1.68. The van der Waals surface area contributed by atoms with Crippen molar-refractivity contribution in [2.24, 2.45) is 0 Å². The third-order valence-electron chi connectivity index (χ3n) is 3.81. The van der Waals surface area contributed by atoms with Gasteiger partial charge in [-0.3, -0.25) is 0 Å². The number of rotatable bonds is 11. The standard InChI is InChI=1S/C20H25NO6/c1-14(10-15-2-6-18(7-3-15)27-13-20(24)25)21-11-17(23)12-26-19-8-4-16(22)5-9-19/h2-9,14,17,21-23H,10-13H2,1H3,(H,24,25)/t14-,17+/m1/s1. The van der Waals surface area contributed by atoms with Crippen LogP contribution in [0.4, 0.5) is 0 Å². The van der Waals surface area contributed by atoms with Gasteiger partial charge in [-0.25, -0.2) is 4.79 Å². The highest BCUT2D eigenvalue weighted by atomic mass is 16.5. The zero-order valence-corrected chi connectivity index (χ0v) is 15.2. The molecule has 4 N–H and O–H groups in total. The van der Waals surface area contributed by atoms with Crippen LogP contribution in [0.3, 0.4) is 0 Å². The highest BCUT2D eigenvalue weighted by molar-refractivity contribution is 5.68. The zero-order chi connectivity index (χ0) is 19.6. The van der Waals surface area contributed by atoms with E-state index in [1.807, 2.05) is 19.1 Å². The van der Waals surface area contributed by atoms with Crippen LogP contribution >= 0.6 is 0 Å². The molecule has 27 heavy (non-hydrogen) atoms. The largest absolute Gasteiger partial charge is 0.508 e. The van der Waals surface area contributed by atoms with E-state index in [0.717, 1.165) is 12.0 Å². The van der Waals surface area contributed by atoms with Crippen molar-refractivity contribution in [2.45, 2.75) is 25.5 Å². The molecule has 0 unspecified atom stereocenters. The minimum Gasteiger partial charge on any atom is -0.508 e. The molecule has 0 fully saturated rings. The molecule has 0 aliphatic heterocycles. The van der Waals surface area contributed by atoms with Gasteiger partial charge in [0.15, 0.2) is 6.61 Å². The summed E-state index contributed by atoms with van der Waals surface area (Å²) in [5.41, 5.74) is 1.08. The number of hydrogen-bond donors (Lipinski definition) is 4. The number of benzene rings is 2. The van der Waals surface area contributed by atoms with E-state index in [1.54, 1.807) is 24.3 Å². The molecule has 0 aliphatic rings. The first kappa shape index (κ1) is 20.5. The van der Waals surface area contributed by atoms with Crippen LogP contribution in [0.5, 0.6) is 17.2 Å². The average Bonchev–Trinajstić information content (AvgIpc) is 2.65. The molecule has 0 saturated carbocycles. The van der Waals surface area contributed by atoms with Crippen molar-refractivity contribution in [3.8, 4) is 17.2 Å². The molecule has 0 spiro atoms. The normalized spacial score (nSPS) is 13.0. The molecule has 2 aromatic carbocycles. The van der Waals surface area contributed by atoms with Crippen molar-refractivity contribution in [3.63, 3.8) is 0 Å². The minimum atomic E-state index is -1.01. The fraction of sp³-hybridized carbons (Fsp3) is 0.350. The first-order chi connectivity index (χ1) is 12.9. The number of aliphatic hydroxyl groups is 1. The van der Waals surface area contributed by atoms with Gasteiger partial charge in [0.1, 0.15) is 30.0 Å². The highest BCUT2D eigenvalue weighted by Crippen LogP contribution is 2.16. The van der Waals surface area contributed by atoms with Crippen molar-refractivity contribution in [2.75, 3.05) is 19.8 Å². The number of carboxylic acids is 1. The molecular weight excluding hydrogens is 350 g/mol. The number of ether oxygens (including phenoxy) is 2. The van der Waals surface area contributed by atoms with Crippen LogP contribution in [-0.2, 0) is 11.2 Å². The predicted octanol–water partition coefficient (Wildman–Crippen LogP) is 1.82. The second kappa shape index (κ2) is 10.4. The summed E-state index contributed by atoms with van der Waals surface area (Å²) >= 11 is 0. The summed E-state index contributed by atoms with van der Waals surface area (Å²) in [7, 11) is 0. The summed E-state index contributed by atoms with van der Waals surface area (Å²) in [4.78, 5) is 10.5. The fourth-order valence-corrected chi connectivity index (χ4v) is 2.42. The fourth-order valence-electron chi connectivity index (χ4n) is 2.42. The van der Waals surface area contributed by atoms with E-state index in [9.17, 15) is 15.0 Å². The van der Waals surface area contributed by atoms with Crippen molar-refractivity contribution >= 4 is 5.97 Å². The van der Waals surface area contributed by atoms with Crippen molar-refractivity contribution in [1.82, 2.24) is 5.32 Å². The summed E-state index contributed by atoms with van der Waals surface area (Å²) in [6.45, 7) is 2.20. The predicted molar refractivity (Wildman–Crippen MR) is 100 cm³/mol. The molecule has 2 rings (SSSR count). The lowest BCUT2D eigenvalue weighted by Crippen LogP contribution is -2.37. The van der Waals surface area contributed by atoms with Gasteiger partial charge in [0.05, 0.1) is 0 Å². The van der Waals surface area contributed by atoms with Gasteiger partial charge in [0, 0.05) is 12.6 Å². The van der Waals surface area contributed by atoms with Crippen LogP contribution in [0.15, 0.2) is 48.5 Å². The number of phenols is 1. The molecule has 7 heteroatoms. The van der Waals surface area contributed by atoms with Crippen LogP contribution in [0, 0.1) is 0 Å². The minimum absolute atomic E-state index is 0.138. The Morgan fingerprint density at radius 1 is 1.04 bits per heavy atom. The van der Waals surface area contributed by atoms with E-state index < -0.39 is 12.1 Å². The van der Waals surface area contributed by atoms with Gasteiger partial charge in [-0.15, -0.1) is 0 Å². The van der Waals surface area contributed by atoms with E-state index in [2.05, 4.69) is 5.32 Å². The third-order valence-corrected chi connectivity index (χ3v) is 3.81. The Kier molecular flexibility index (Phi) is 7.91. The number of carboxylic acid groups (broad SMARTS) is 1. The number of phenolic OH excluding ortho intramolecular Hbond substituents is 1. The zero-order valence-electron chi connectivity index (χ0n) is 15.2. The summed E-state index contributed by atoms with van der Waals surface area (Å²) < 4.78 is 10.6. The quantitative estimate of drug-likeness (QED) is 0.474. The Hall–Kier alpha value is -2.77. The number of carbonyl (C=O) groups is 1. The van der Waals surface area contributed by atoms with Gasteiger partial charge in [-0.1, -0.05) is 12.1 Å². The molecule has 146 valence electrons. The molecule has 2 atom stereocenters. The number of aliphatic hydroxyl groups excluding tert-OH is 1. The van der Waals surface area contributed by atoms with Crippen LogP contribution in [-0.4, -0.2) is 53.2 Å². The van der Waals surface area contributed by atoms with Crippen molar-refractivity contribution in [3.05, 3.63) is 54.1 Å². The molecule has 0 radical (unpaired) electrons. The smallest absolute Gasteiger partial charge is 0.341 e. The maximum Gasteiger partial charge on any atom is 0.341 e. The van der Waals surface area contributed by atoms with Crippen LogP contribution < -0.4 is 14.8 Å². The SMILES string of the molecule is C[C@H](Cc1ccc(OCC(=O)O)cc1)NC[C@H](O)COc1ccc(O)cc1. The second-order valence-corrected chi connectivity index (χ2v) is 6.30. The van der Waals surface area contributed by atoms with E-state index >= 15 is 0 Å². The first-order valence-corrected chi connectivity index (χ1v) is 8.69. The maximum atomic E-state index is 10.5. The number of aliphatic carboxylic acids is 1. The van der Waals surface area contributed by atoms with Gasteiger partial charge in [0.2, 0.25) is 0 Å². The molecule has 2 aromatic rings. The number of nitrogens with one attached hydrogen (secondary N) is 1. The molecule has 0 amide bonds. The first-order valence-electron chi connectivity index (χ1n) is 8.69. The van der Waals surface area contributed by atoms with Crippen molar-refractivity contribution < 1.29 is 29.6 Å². The molecule has 0 saturated heterocycles. The van der Waals surface area contributed by atoms with Gasteiger partial charge in [0.25, 0.3) is 0 Å². The Morgan fingerprint density at radius 2 is 1.63 bits per heavy atom. The molecule has 7 nitrogen and oxygen atoms in total. The topological polar surface area (TPSA) is 108 Å². The highest BCUT2D eigenvalue weighted by Gasteiger charge is 2.09. The van der Waals surface area contributed by atoms with E-state index in [1.165, 1.54) is 12.1 Å². The van der Waals surface area contributed by atoms with E-state index in [4.69, 9.17) is 14.6 Å². The lowest BCUT2D eigenvalue weighted by atomic mass is 10.1.